The Kier molecular flexibility index (Phi) is 6.72. The van der Waals surface area contributed by atoms with Crippen molar-refractivity contribution >= 4 is 5.91 Å². The zero-order valence-electron chi connectivity index (χ0n) is 13.7. The van der Waals surface area contributed by atoms with Crippen LogP contribution in [0.5, 0.6) is 5.75 Å². The lowest BCUT2D eigenvalue weighted by Crippen LogP contribution is -2.35. The number of hydrogen-bond acceptors (Lipinski definition) is 3. The largest absolute Gasteiger partial charge is 0.489 e. The molecule has 1 aliphatic rings. The molecule has 2 rings (SSSR count). The van der Waals surface area contributed by atoms with Crippen molar-refractivity contribution in [2.45, 2.75) is 45.6 Å². The van der Waals surface area contributed by atoms with E-state index in [0.717, 1.165) is 31.7 Å². The second kappa shape index (κ2) is 8.79. The van der Waals surface area contributed by atoms with Crippen LogP contribution in [0.3, 0.4) is 0 Å². The van der Waals surface area contributed by atoms with E-state index >= 15 is 0 Å². The van der Waals surface area contributed by atoms with Gasteiger partial charge in [0.1, 0.15) is 11.9 Å². The summed E-state index contributed by atoms with van der Waals surface area (Å²) in [6, 6.07) is 8.03. The maximum absolute atomic E-state index is 11.9. The summed E-state index contributed by atoms with van der Waals surface area (Å²) in [5, 5.41) is 6.34. The van der Waals surface area contributed by atoms with Crippen LogP contribution in [0, 0.1) is 12.8 Å². The van der Waals surface area contributed by atoms with Crippen molar-refractivity contribution in [2.75, 3.05) is 19.6 Å². The number of ether oxygens (including phenoxy) is 1. The van der Waals surface area contributed by atoms with Crippen LogP contribution in [0.4, 0.5) is 0 Å². The minimum absolute atomic E-state index is 0.0268. The molecule has 1 aromatic rings. The summed E-state index contributed by atoms with van der Waals surface area (Å²) in [6.45, 7) is 6.85. The molecule has 2 atom stereocenters. The van der Waals surface area contributed by atoms with Gasteiger partial charge in [-0.1, -0.05) is 19.1 Å². The first kappa shape index (κ1) is 16.8. The SMILES string of the molecule is CCC(CNC(=O)CCC1CCNC1)Oc1cccc(C)c1. The van der Waals surface area contributed by atoms with Gasteiger partial charge in [0.2, 0.25) is 5.91 Å². The molecule has 2 N–H and O–H groups in total. The molecule has 0 aliphatic carbocycles. The van der Waals surface area contributed by atoms with Crippen molar-refractivity contribution in [1.29, 1.82) is 0 Å². The molecular weight excluding hydrogens is 276 g/mol. The number of benzene rings is 1. The molecule has 1 aliphatic heterocycles. The first-order valence-corrected chi connectivity index (χ1v) is 8.38. The van der Waals surface area contributed by atoms with E-state index in [0.29, 0.717) is 18.9 Å². The smallest absolute Gasteiger partial charge is 0.220 e. The molecule has 0 aromatic heterocycles. The van der Waals surface area contributed by atoms with Gasteiger partial charge in [-0.15, -0.1) is 0 Å². The summed E-state index contributed by atoms with van der Waals surface area (Å²) in [4.78, 5) is 11.9. The topological polar surface area (TPSA) is 50.4 Å². The molecule has 0 bridgehead atoms. The summed E-state index contributed by atoms with van der Waals surface area (Å²) >= 11 is 0. The quantitative estimate of drug-likeness (QED) is 0.776. The zero-order valence-corrected chi connectivity index (χ0v) is 13.7. The van der Waals surface area contributed by atoms with Crippen molar-refractivity contribution < 1.29 is 9.53 Å². The highest BCUT2D eigenvalue weighted by Gasteiger charge is 2.16. The first-order chi connectivity index (χ1) is 10.7. The first-order valence-electron chi connectivity index (χ1n) is 8.38. The van der Waals surface area contributed by atoms with Crippen molar-refractivity contribution in [3.8, 4) is 5.75 Å². The van der Waals surface area contributed by atoms with Crippen LogP contribution in [0.15, 0.2) is 24.3 Å². The molecule has 2 unspecified atom stereocenters. The molecule has 1 saturated heterocycles. The van der Waals surface area contributed by atoms with Crippen molar-refractivity contribution in [2.24, 2.45) is 5.92 Å². The molecule has 1 aromatic carbocycles. The van der Waals surface area contributed by atoms with E-state index in [9.17, 15) is 4.79 Å². The summed E-state index contributed by atoms with van der Waals surface area (Å²) < 4.78 is 5.95. The average molecular weight is 304 g/mol. The van der Waals surface area contributed by atoms with Gasteiger partial charge < -0.3 is 15.4 Å². The Hall–Kier alpha value is -1.55. The fourth-order valence-corrected chi connectivity index (χ4v) is 2.76. The molecule has 1 fully saturated rings. The third-order valence-electron chi connectivity index (χ3n) is 4.22. The number of nitrogens with one attached hydrogen (secondary N) is 2. The van der Waals surface area contributed by atoms with Crippen LogP contribution >= 0.6 is 0 Å². The molecule has 1 heterocycles. The van der Waals surface area contributed by atoms with Crippen molar-refractivity contribution in [3.63, 3.8) is 0 Å². The Morgan fingerprint density at radius 1 is 1.50 bits per heavy atom. The van der Waals surface area contributed by atoms with Crippen molar-refractivity contribution in [1.82, 2.24) is 10.6 Å². The number of rotatable bonds is 8. The van der Waals surface area contributed by atoms with E-state index < -0.39 is 0 Å². The van der Waals surface area contributed by atoms with Gasteiger partial charge in [-0.05, 0) is 62.9 Å². The summed E-state index contributed by atoms with van der Waals surface area (Å²) in [5.41, 5.74) is 1.18. The monoisotopic (exact) mass is 304 g/mol. The predicted molar refractivity (Wildman–Crippen MR) is 89.1 cm³/mol. The Bertz CT molecular complexity index is 470. The minimum Gasteiger partial charge on any atom is -0.489 e. The Morgan fingerprint density at radius 3 is 3.05 bits per heavy atom. The van der Waals surface area contributed by atoms with Crippen LogP contribution in [-0.2, 0) is 4.79 Å². The molecule has 0 spiro atoms. The normalized spacial score (nSPS) is 18.9. The van der Waals surface area contributed by atoms with Gasteiger partial charge in [0.15, 0.2) is 0 Å². The highest BCUT2D eigenvalue weighted by Crippen LogP contribution is 2.16. The standard InChI is InChI=1S/C18H28N2O2/c1-3-16(22-17-6-4-5-14(2)11-17)13-20-18(21)8-7-15-9-10-19-12-15/h4-6,11,15-16,19H,3,7-10,12-13H2,1-2H3,(H,20,21). The molecular formula is C18H28N2O2. The van der Waals surface area contributed by atoms with Crippen LogP contribution in [-0.4, -0.2) is 31.6 Å². The van der Waals surface area contributed by atoms with E-state index in [2.05, 4.69) is 17.6 Å². The van der Waals surface area contributed by atoms with Gasteiger partial charge in [-0.25, -0.2) is 0 Å². The van der Waals surface area contributed by atoms with E-state index in [1.165, 1.54) is 12.0 Å². The van der Waals surface area contributed by atoms with Gasteiger partial charge in [0.05, 0.1) is 6.54 Å². The fourth-order valence-electron chi connectivity index (χ4n) is 2.76. The predicted octanol–water partition coefficient (Wildman–Crippen LogP) is 2.66. The Balaban J connectivity index is 1.69. The lowest BCUT2D eigenvalue weighted by molar-refractivity contribution is -0.121. The van der Waals surface area contributed by atoms with Crippen LogP contribution in [0.1, 0.15) is 38.2 Å². The van der Waals surface area contributed by atoms with Gasteiger partial charge >= 0.3 is 0 Å². The van der Waals surface area contributed by atoms with E-state index in [-0.39, 0.29) is 12.0 Å². The maximum Gasteiger partial charge on any atom is 0.220 e. The molecule has 22 heavy (non-hydrogen) atoms. The van der Waals surface area contributed by atoms with Gasteiger partial charge in [-0.2, -0.15) is 0 Å². The number of hydrogen-bond donors (Lipinski definition) is 2. The molecule has 4 nitrogen and oxygen atoms in total. The molecule has 0 saturated carbocycles. The average Bonchev–Trinajstić information content (AvgIpc) is 3.03. The molecule has 1 amide bonds. The zero-order chi connectivity index (χ0) is 15.8. The fraction of sp³-hybridized carbons (Fsp3) is 0.611. The van der Waals surface area contributed by atoms with Crippen molar-refractivity contribution in [3.05, 3.63) is 29.8 Å². The summed E-state index contributed by atoms with van der Waals surface area (Å²) in [7, 11) is 0. The maximum atomic E-state index is 11.9. The number of aryl methyl sites for hydroxylation is 1. The molecule has 0 radical (unpaired) electrons. The number of amides is 1. The van der Waals surface area contributed by atoms with Gasteiger partial charge in [0, 0.05) is 6.42 Å². The highest BCUT2D eigenvalue weighted by atomic mass is 16.5. The van der Waals surface area contributed by atoms with Crippen LogP contribution in [0.25, 0.3) is 0 Å². The third kappa shape index (κ3) is 5.68. The van der Waals surface area contributed by atoms with Crippen LogP contribution in [0.2, 0.25) is 0 Å². The number of carbonyl (C=O) groups excluding carboxylic acids is 1. The molecule has 122 valence electrons. The second-order valence-corrected chi connectivity index (χ2v) is 6.17. The summed E-state index contributed by atoms with van der Waals surface area (Å²) in [5.74, 6) is 1.67. The van der Waals surface area contributed by atoms with E-state index in [1.54, 1.807) is 0 Å². The minimum atomic E-state index is 0.0268. The third-order valence-corrected chi connectivity index (χ3v) is 4.22. The van der Waals surface area contributed by atoms with Crippen LogP contribution < -0.4 is 15.4 Å². The lowest BCUT2D eigenvalue weighted by atomic mass is 10.0. The number of carbonyl (C=O) groups is 1. The van der Waals surface area contributed by atoms with Gasteiger partial charge in [0.25, 0.3) is 0 Å². The Labute approximate surface area is 133 Å². The lowest BCUT2D eigenvalue weighted by Gasteiger charge is -2.18. The van der Waals surface area contributed by atoms with Gasteiger partial charge in [-0.3, -0.25) is 4.79 Å². The summed E-state index contributed by atoms with van der Waals surface area (Å²) in [6.07, 6.45) is 3.70. The molecule has 4 heteroatoms. The second-order valence-electron chi connectivity index (χ2n) is 6.17. The van der Waals surface area contributed by atoms with E-state index in [1.807, 2.05) is 31.2 Å². The van der Waals surface area contributed by atoms with E-state index in [4.69, 9.17) is 4.74 Å². The highest BCUT2D eigenvalue weighted by molar-refractivity contribution is 5.75. The Morgan fingerprint density at radius 2 is 2.36 bits per heavy atom.